The summed E-state index contributed by atoms with van der Waals surface area (Å²) in [5, 5.41) is 14.3. The van der Waals surface area contributed by atoms with E-state index < -0.39 is 5.79 Å². The molecule has 5 nitrogen and oxygen atoms in total. The van der Waals surface area contributed by atoms with Gasteiger partial charge in [0.25, 0.3) is 0 Å². The van der Waals surface area contributed by atoms with Crippen LogP contribution in [0.4, 0.5) is 0 Å². The highest BCUT2D eigenvalue weighted by Crippen LogP contribution is 2.30. The van der Waals surface area contributed by atoms with Crippen molar-refractivity contribution >= 4 is 12.2 Å². The third-order valence-corrected chi connectivity index (χ3v) is 3.67. The minimum absolute atomic E-state index is 0.0547. The van der Waals surface area contributed by atoms with Crippen molar-refractivity contribution in [1.82, 2.24) is 0 Å². The molecule has 1 aliphatic heterocycles. The summed E-state index contributed by atoms with van der Waals surface area (Å²) in [6, 6.07) is 0. The molecule has 3 unspecified atom stereocenters. The van der Waals surface area contributed by atoms with Crippen LogP contribution in [0, 0.1) is 5.92 Å². The molecule has 22 heavy (non-hydrogen) atoms. The third-order valence-electron chi connectivity index (χ3n) is 3.31. The van der Waals surface area contributed by atoms with E-state index in [1.165, 1.54) is 18.4 Å². The minimum Gasteiger partial charge on any atom is -0.396 e. The van der Waals surface area contributed by atoms with Crippen molar-refractivity contribution in [2.24, 2.45) is 11.1 Å². The van der Waals surface area contributed by atoms with E-state index in [-0.39, 0.29) is 24.7 Å². The van der Waals surface area contributed by atoms with Crippen LogP contribution >= 0.6 is 12.2 Å². The lowest BCUT2D eigenvalue weighted by Gasteiger charge is -2.42. The molecule has 3 atom stereocenters. The van der Waals surface area contributed by atoms with Gasteiger partial charge in [-0.25, -0.2) is 0 Å². The maximum absolute atomic E-state index is 8.99. The quantitative estimate of drug-likeness (QED) is 0.422. The highest BCUT2D eigenvalue weighted by atomic mass is 32.2. The number of hydrogen-bond acceptors (Lipinski definition) is 6. The van der Waals surface area contributed by atoms with Crippen LogP contribution in [0.3, 0.4) is 0 Å². The van der Waals surface area contributed by atoms with E-state index in [1.807, 2.05) is 20.8 Å². The maximum atomic E-state index is 8.99. The highest BCUT2D eigenvalue weighted by molar-refractivity contribution is 7.92. The lowest BCUT2D eigenvalue weighted by Crippen LogP contribution is -2.50. The molecule has 0 aromatic carbocycles. The van der Waals surface area contributed by atoms with E-state index in [4.69, 9.17) is 23.9 Å². The van der Waals surface area contributed by atoms with E-state index in [0.717, 1.165) is 12.2 Å². The Labute approximate surface area is 139 Å². The third kappa shape index (κ3) is 9.12. The van der Waals surface area contributed by atoms with Gasteiger partial charge < -0.3 is 14.6 Å². The second-order valence-corrected chi connectivity index (χ2v) is 6.61. The summed E-state index contributed by atoms with van der Waals surface area (Å²) < 4.78 is 16.7. The van der Waals surface area contributed by atoms with Gasteiger partial charge in [0.2, 0.25) is 0 Å². The van der Waals surface area contributed by atoms with Crippen LogP contribution in [0.5, 0.6) is 0 Å². The van der Waals surface area contributed by atoms with Crippen molar-refractivity contribution in [3.63, 3.8) is 0 Å². The van der Waals surface area contributed by atoms with Gasteiger partial charge in [-0.05, 0) is 27.2 Å². The highest BCUT2D eigenvalue weighted by Gasteiger charge is 2.39. The van der Waals surface area contributed by atoms with Gasteiger partial charge in [-0.2, -0.15) is 0 Å². The van der Waals surface area contributed by atoms with Gasteiger partial charge >= 0.3 is 0 Å². The monoisotopic (exact) mass is 335 g/mol. The Morgan fingerprint density at radius 1 is 1.55 bits per heavy atom. The van der Waals surface area contributed by atoms with Crippen LogP contribution in [0.2, 0.25) is 0 Å². The molecule has 0 radical (unpaired) electrons. The average molecular weight is 336 g/mol. The van der Waals surface area contributed by atoms with Crippen molar-refractivity contribution in [2.45, 2.75) is 71.9 Å². The van der Waals surface area contributed by atoms with Crippen LogP contribution in [0.15, 0.2) is 12.2 Å². The molecule has 1 aliphatic rings. The van der Waals surface area contributed by atoms with Crippen molar-refractivity contribution in [1.29, 1.82) is 0 Å². The summed E-state index contributed by atoms with van der Waals surface area (Å²) in [5.41, 5.74) is 1.29. The molecule has 0 spiro atoms. The fraction of sp³-hybridized carbons (Fsp3) is 0.875. The largest absolute Gasteiger partial charge is 0.396 e. The van der Waals surface area contributed by atoms with Gasteiger partial charge in [-0.3, -0.25) is 9.32 Å². The Bertz CT molecular complexity index is 307. The topological polar surface area (TPSA) is 73.9 Å². The summed E-state index contributed by atoms with van der Waals surface area (Å²) in [5.74, 6) is -0.384. The minimum atomic E-state index is -0.604. The molecule has 1 fully saturated rings. The zero-order valence-corrected chi connectivity index (χ0v) is 15.4. The van der Waals surface area contributed by atoms with Crippen molar-refractivity contribution in [3.8, 4) is 0 Å². The van der Waals surface area contributed by atoms with Gasteiger partial charge in [0.05, 0.1) is 24.9 Å². The Balaban J connectivity index is 0.000000626. The number of rotatable bonds is 7. The summed E-state index contributed by atoms with van der Waals surface area (Å²) in [6.45, 7) is 14.4. The molecule has 6 heteroatoms. The molecule has 0 amide bonds. The molecule has 0 aromatic heterocycles. The van der Waals surface area contributed by atoms with Crippen LogP contribution in [0.1, 0.15) is 53.9 Å². The first-order chi connectivity index (χ1) is 10.3. The van der Waals surface area contributed by atoms with Gasteiger partial charge in [0.15, 0.2) is 5.79 Å². The first kappa shape index (κ1) is 21.9. The molecule has 1 heterocycles. The maximum Gasteiger partial charge on any atom is 0.163 e. The van der Waals surface area contributed by atoms with E-state index in [9.17, 15) is 0 Å². The first-order valence-electron chi connectivity index (χ1n) is 7.86. The Morgan fingerprint density at radius 2 is 2.18 bits per heavy atom. The van der Waals surface area contributed by atoms with Crippen LogP contribution in [0.25, 0.3) is 0 Å². The Morgan fingerprint density at radius 3 is 2.59 bits per heavy atom. The lowest BCUT2D eigenvalue weighted by atomic mass is 9.97. The molecular weight excluding hydrogens is 302 g/mol. The number of hydrogen-bond donors (Lipinski definition) is 2. The zero-order valence-electron chi connectivity index (χ0n) is 14.6. The van der Waals surface area contributed by atoms with E-state index in [1.54, 1.807) is 0 Å². The van der Waals surface area contributed by atoms with E-state index >= 15 is 0 Å². The molecule has 3 N–H and O–H groups in total. The van der Waals surface area contributed by atoms with Crippen LogP contribution in [-0.2, 0) is 13.7 Å². The normalized spacial score (nSPS) is 25.0. The van der Waals surface area contributed by atoms with Gasteiger partial charge in [0, 0.05) is 18.9 Å². The summed E-state index contributed by atoms with van der Waals surface area (Å²) in [7, 11) is 0. The number of nitrogens with two attached hydrogens (primary N) is 1. The van der Waals surface area contributed by atoms with Gasteiger partial charge in [-0.1, -0.05) is 25.8 Å². The first-order valence-corrected chi connectivity index (χ1v) is 8.67. The summed E-state index contributed by atoms with van der Waals surface area (Å²) >= 11 is 0.814. The van der Waals surface area contributed by atoms with E-state index in [0.29, 0.717) is 13.0 Å². The molecule has 0 bridgehead atoms. The van der Waals surface area contributed by atoms with Crippen molar-refractivity contribution < 1.29 is 18.8 Å². The molecular formula is C16H33NO4S. The fourth-order valence-corrected chi connectivity index (χ4v) is 2.59. The number of aliphatic hydroxyl groups is 1. The number of aliphatic hydroxyl groups excluding tert-OH is 1. The molecule has 1 rings (SSSR count). The average Bonchev–Trinajstić information content (AvgIpc) is 2.42. The van der Waals surface area contributed by atoms with Crippen LogP contribution < -0.4 is 5.14 Å². The second-order valence-electron chi connectivity index (χ2n) is 6.22. The predicted molar refractivity (Wildman–Crippen MR) is 92.1 cm³/mol. The molecule has 1 saturated heterocycles. The predicted octanol–water partition coefficient (Wildman–Crippen LogP) is 3.43. The smallest absolute Gasteiger partial charge is 0.163 e. The molecule has 132 valence electrons. The zero-order chi connectivity index (χ0) is 17.2. The van der Waals surface area contributed by atoms with Crippen LogP contribution in [-0.4, -0.2) is 36.3 Å². The van der Waals surface area contributed by atoms with Crippen molar-refractivity contribution in [3.05, 3.63) is 12.2 Å². The lowest BCUT2D eigenvalue weighted by molar-refractivity contribution is -0.303. The molecule has 0 aliphatic carbocycles. The van der Waals surface area contributed by atoms with Gasteiger partial charge in [-0.15, -0.1) is 6.58 Å². The molecule has 0 saturated carbocycles. The summed E-state index contributed by atoms with van der Waals surface area (Å²) in [6.07, 6.45) is 2.61. The SMILES string of the molecule is C=C(C)CCC.CC1COC(C)(C)OC1C(CCO)OSN. The number of ether oxygens (including phenoxy) is 2. The molecule has 0 aromatic rings. The van der Waals surface area contributed by atoms with E-state index in [2.05, 4.69) is 20.4 Å². The number of allylic oxidation sites excluding steroid dienone is 1. The second kappa shape index (κ2) is 11.4. The summed E-state index contributed by atoms with van der Waals surface area (Å²) in [4.78, 5) is 0. The standard InChI is InChI=1S/C10H21NO4S.C6H12/c1-7-6-13-10(2,3)14-9(7)8(4-5-12)15-16-11;1-4-5-6(2)3/h7-9,12H,4-6,11H2,1-3H3;2,4-5H2,1,3H3. The van der Waals surface area contributed by atoms with Gasteiger partial charge in [0.1, 0.15) is 6.10 Å². The fourth-order valence-electron chi connectivity index (χ4n) is 2.24. The Kier molecular flexibility index (Phi) is 11.4. The van der Waals surface area contributed by atoms with Crippen molar-refractivity contribution in [2.75, 3.05) is 13.2 Å². The Hall–Kier alpha value is -0.110.